The summed E-state index contributed by atoms with van der Waals surface area (Å²) in [5.74, 6) is 1.04. The van der Waals surface area contributed by atoms with Crippen molar-refractivity contribution in [2.24, 2.45) is 0 Å². The second-order valence-electron chi connectivity index (χ2n) is 7.81. The molecule has 1 fully saturated rings. The molecule has 1 aromatic heterocycles. The van der Waals surface area contributed by atoms with Crippen LogP contribution >= 0.6 is 0 Å². The monoisotopic (exact) mass is 400 g/mol. The number of rotatable bonds is 7. The Kier molecular flexibility index (Phi) is 6.43. The van der Waals surface area contributed by atoms with Gasteiger partial charge in [0, 0.05) is 19.2 Å². The first-order chi connectivity index (χ1) is 14.7. The first-order valence-corrected chi connectivity index (χ1v) is 10.6. The molecule has 1 amide bonds. The minimum Gasteiger partial charge on any atom is -0.496 e. The Balaban J connectivity index is 1.39. The summed E-state index contributed by atoms with van der Waals surface area (Å²) in [4.78, 5) is 19.7. The molecule has 3 aromatic rings. The molecule has 0 bridgehead atoms. The predicted octanol–water partition coefficient (Wildman–Crippen LogP) is 4.98. The molecular weight excluding hydrogens is 372 g/mol. The summed E-state index contributed by atoms with van der Waals surface area (Å²) in [6.45, 7) is 0.808. The summed E-state index contributed by atoms with van der Waals surface area (Å²) in [7, 11) is 1.67. The van der Waals surface area contributed by atoms with Gasteiger partial charge in [0.2, 0.25) is 5.91 Å². The maximum absolute atomic E-state index is 13.0. The topological polar surface area (TPSA) is 42.4 Å². The number of aryl methyl sites for hydroxylation is 1. The molecule has 0 saturated carbocycles. The third kappa shape index (κ3) is 4.70. The first-order valence-electron chi connectivity index (χ1n) is 10.6. The van der Waals surface area contributed by atoms with Gasteiger partial charge in [-0.1, -0.05) is 54.6 Å². The number of benzene rings is 2. The fourth-order valence-electron chi connectivity index (χ4n) is 4.24. The average molecular weight is 401 g/mol. The number of methoxy groups -OCH3 is 1. The van der Waals surface area contributed by atoms with Crippen molar-refractivity contribution in [1.29, 1.82) is 0 Å². The average Bonchev–Trinajstić information content (AvgIpc) is 3.29. The number of hydrogen-bond acceptors (Lipinski definition) is 3. The summed E-state index contributed by atoms with van der Waals surface area (Å²) >= 11 is 0. The van der Waals surface area contributed by atoms with E-state index >= 15 is 0 Å². The van der Waals surface area contributed by atoms with Gasteiger partial charge in [0.25, 0.3) is 0 Å². The summed E-state index contributed by atoms with van der Waals surface area (Å²) in [6, 6.07) is 22.6. The normalized spacial score (nSPS) is 15.9. The van der Waals surface area contributed by atoms with Gasteiger partial charge >= 0.3 is 0 Å². The molecule has 154 valence electrons. The van der Waals surface area contributed by atoms with Crippen LogP contribution in [0.5, 0.6) is 5.75 Å². The van der Waals surface area contributed by atoms with E-state index in [4.69, 9.17) is 9.72 Å². The molecule has 4 nitrogen and oxygen atoms in total. The van der Waals surface area contributed by atoms with Gasteiger partial charge in [-0.25, -0.2) is 0 Å². The number of para-hydroxylation sites is 1. The lowest BCUT2D eigenvalue weighted by Gasteiger charge is -2.24. The smallest absolute Gasteiger partial charge is 0.223 e. The second kappa shape index (κ2) is 9.57. The standard InChI is InChI=1S/C26H28N2O2/c1-30-25-12-6-5-10-22(25)14-16-26(29)28-17-7-11-24(28)23-15-13-21(19-27-23)18-20-8-3-2-4-9-20/h2-6,8-10,12-13,15,19,24H,7,11,14,16-18H2,1H3/t24-/m0/s1. The lowest BCUT2D eigenvalue weighted by molar-refractivity contribution is -0.132. The molecule has 4 rings (SSSR count). The second-order valence-corrected chi connectivity index (χ2v) is 7.81. The van der Waals surface area contributed by atoms with Gasteiger partial charge < -0.3 is 9.64 Å². The summed E-state index contributed by atoms with van der Waals surface area (Å²) in [5, 5.41) is 0. The van der Waals surface area contributed by atoms with E-state index in [9.17, 15) is 4.79 Å². The number of carbonyl (C=O) groups is 1. The van der Waals surface area contributed by atoms with Crippen LogP contribution in [0, 0.1) is 0 Å². The van der Waals surface area contributed by atoms with E-state index in [1.165, 1.54) is 11.1 Å². The zero-order valence-electron chi connectivity index (χ0n) is 17.5. The largest absolute Gasteiger partial charge is 0.496 e. The highest BCUT2D eigenvalue weighted by Crippen LogP contribution is 2.32. The highest BCUT2D eigenvalue weighted by atomic mass is 16.5. The van der Waals surface area contributed by atoms with Crippen LogP contribution in [0.15, 0.2) is 72.9 Å². The van der Waals surface area contributed by atoms with E-state index in [0.29, 0.717) is 12.8 Å². The van der Waals surface area contributed by atoms with Crippen LogP contribution in [0.1, 0.15) is 47.7 Å². The molecule has 2 aromatic carbocycles. The SMILES string of the molecule is COc1ccccc1CCC(=O)N1CCC[C@H]1c1ccc(Cc2ccccc2)cn1. The Hall–Kier alpha value is -3.14. The van der Waals surface area contributed by atoms with Crippen LogP contribution < -0.4 is 4.74 Å². The zero-order valence-corrected chi connectivity index (χ0v) is 17.5. The van der Waals surface area contributed by atoms with Gasteiger partial charge in [-0.2, -0.15) is 0 Å². The van der Waals surface area contributed by atoms with Crippen molar-refractivity contribution in [2.45, 2.75) is 38.1 Å². The minimum absolute atomic E-state index is 0.0842. The Morgan fingerprint density at radius 2 is 1.83 bits per heavy atom. The molecule has 2 heterocycles. The summed E-state index contributed by atoms with van der Waals surface area (Å²) < 4.78 is 5.41. The number of ether oxygens (including phenoxy) is 1. The number of carbonyl (C=O) groups excluding carboxylic acids is 1. The van der Waals surface area contributed by atoms with Crippen LogP contribution in [-0.2, 0) is 17.6 Å². The maximum atomic E-state index is 13.0. The van der Waals surface area contributed by atoms with Crippen LogP contribution in [-0.4, -0.2) is 29.4 Å². The number of amides is 1. The molecule has 1 saturated heterocycles. The number of nitrogens with zero attached hydrogens (tertiary/aromatic N) is 2. The van der Waals surface area contributed by atoms with Crippen LogP contribution in [0.25, 0.3) is 0 Å². The number of hydrogen-bond donors (Lipinski definition) is 0. The molecule has 4 heteroatoms. The molecule has 0 spiro atoms. The van der Waals surface area contributed by atoms with E-state index in [2.05, 4.69) is 36.4 Å². The summed E-state index contributed by atoms with van der Waals surface area (Å²) in [5.41, 5.74) is 4.54. The molecule has 0 N–H and O–H groups in total. The molecule has 0 unspecified atom stereocenters. The fraction of sp³-hybridized carbons (Fsp3) is 0.308. The molecule has 0 radical (unpaired) electrons. The fourth-order valence-corrected chi connectivity index (χ4v) is 4.24. The number of pyridine rings is 1. The van der Waals surface area contributed by atoms with Gasteiger partial charge in [-0.15, -0.1) is 0 Å². The third-order valence-corrected chi connectivity index (χ3v) is 5.81. The van der Waals surface area contributed by atoms with Gasteiger partial charge in [0.1, 0.15) is 5.75 Å². The Labute approximate surface area is 178 Å². The lowest BCUT2D eigenvalue weighted by Crippen LogP contribution is -2.31. The van der Waals surface area contributed by atoms with E-state index in [0.717, 1.165) is 42.8 Å². The quantitative estimate of drug-likeness (QED) is 0.562. The van der Waals surface area contributed by atoms with Crippen LogP contribution in [0.4, 0.5) is 0 Å². The van der Waals surface area contributed by atoms with Crippen LogP contribution in [0.3, 0.4) is 0 Å². The highest BCUT2D eigenvalue weighted by molar-refractivity contribution is 5.77. The van der Waals surface area contributed by atoms with Crippen molar-refractivity contribution >= 4 is 5.91 Å². The Morgan fingerprint density at radius 1 is 1.03 bits per heavy atom. The third-order valence-electron chi connectivity index (χ3n) is 5.81. The van der Waals surface area contributed by atoms with E-state index < -0.39 is 0 Å². The minimum atomic E-state index is 0.0842. The highest BCUT2D eigenvalue weighted by Gasteiger charge is 2.30. The molecule has 1 atom stereocenters. The van der Waals surface area contributed by atoms with Gasteiger partial charge in [0.05, 0.1) is 18.8 Å². The van der Waals surface area contributed by atoms with Crippen LogP contribution in [0.2, 0.25) is 0 Å². The number of aromatic nitrogens is 1. The Morgan fingerprint density at radius 3 is 2.60 bits per heavy atom. The molecule has 1 aliphatic rings. The maximum Gasteiger partial charge on any atom is 0.223 e. The van der Waals surface area contributed by atoms with Crippen molar-refractivity contribution in [1.82, 2.24) is 9.88 Å². The predicted molar refractivity (Wildman–Crippen MR) is 118 cm³/mol. The molecule has 1 aliphatic heterocycles. The van der Waals surface area contributed by atoms with Crippen molar-refractivity contribution in [3.63, 3.8) is 0 Å². The van der Waals surface area contributed by atoms with Gasteiger partial charge in [-0.3, -0.25) is 9.78 Å². The van der Waals surface area contributed by atoms with E-state index in [1.807, 2.05) is 41.4 Å². The van der Waals surface area contributed by atoms with E-state index in [-0.39, 0.29) is 11.9 Å². The van der Waals surface area contributed by atoms with Gasteiger partial charge in [-0.05, 0) is 54.5 Å². The number of likely N-dealkylation sites (tertiary alicyclic amines) is 1. The Bertz CT molecular complexity index is 970. The first kappa shape index (κ1) is 20.1. The summed E-state index contributed by atoms with van der Waals surface area (Å²) in [6.07, 6.45) is 6.01. The zero-order chi connectivity index (χ0) is 20.8. The molecular formula is C26H28N2O2. The molecule has 30 heavy (non-hydrogen) atoms. The van der Waals surface area contributed by atoms with Crippen molar-refractivity contribution < 1.29 is 9.53 Å². The lowest BCUT2D eigenvalue weighted by atomic mass is 10.0. The molecule has 0 aliphatic carbocycles. The van der Waals surface area contributed by atoms with Gasteiger partial charge in [0.15, 0.2) is 0 Å². The van der Waals surface area contributed by atoms with Crippen molar-refractivity contribution in [2.75, 3.05) is 13.7 Å². The van der Waals surface area contributed by atoms with E-state index in [1.54, 1.807) is 7.11 Å². The van der Waals surface area contributed by atoms with Crippen molar-refractivity contribution in [3.8, 4) is 5.75 Å². The van der Waals surface area contributed by atoms with Crippen molar-refractivity contribution in [3.05, 3.63) is 95.3 Å².